The second-order valence-corrected chi connectivity index (χ2v) is 6.33. The van der Waals surface area contributed by atoms with Gasteiger partial charge in [-0.15, -0.1) is 0 Å². The third-order valence-electron chi connectivity index (χ3n) is 4.42. The molecule has 1 N–H and O–H groups in total. The minimum Gasteiger partial charge on any atom is -0.324 e. The SMILES string of the molecule is Cc1ccc(-c2ccc(=O)n([C@H](C)C(=O)Nc3ccccc3)n2)cc1C. The summed E-state index contributed by atoms with van der Waals surface area (Å²) >= 11 is 0. The Kier molecular flexibility index (Phi) is 4.98. The monoisotopic (exact) mass is 347 g/mol. The number of aromatic nitrogens is 2. The Morgan fingerprint density at radius 3 is 2.42 bits per heavy atom. The zero-order valence-electron chi connectivity index (χ0n) is 15.1. The van der Waals surface area contributed by atoms with E-state index in [0.717, 1.165) is 11.1 Å². The van der Waals surface area contributed by atoms with Crippen molar-refractivity contribution in [2.24, 2.45) is 0 Å². The molecule has 1 aromatic heterocycles. The molecule has 0 spiro atoms. The first kappa shape index (κ1) is 17.6. The molecular formula is C21H21N3O2. The zero-order chi connectivity index (χ0) is 18.7. The first-order valence-electron chi connectivity index (χ1n) is 8.49. The van der Waals surface area contributed by atoms with E-state index in [-0.39, 0.29) is 11.5 Å². The van der Waals surface area contributed by atoms with Crippen molar-refractivity contribution in [1.82, 2.24) is 9.78 Å². The number of para-hydroxylation sites is 1. The summed E-state index contributed by atoms with van der Waals surface area (Å²) in [4.78, 5) is 24.7. The quantitative estimate of drug-likeness (QED) is 0.782. The van der Waals surface area contributed by atoms with Gasteiger partial charge in [-0.2, -0.15) is 5.10 Å². The number of nitrogens with zero attached hydrogens (tertiary/aromatic N) is 2. The lowest BCUT2D eigenvalue weighted by Crippen LogP contribution is -2.33. The Morgan fingerprint density at radius 1 is 1.00 bits per heavy atom. The minimum absolute atomic E-state index is 0.289. The van der Waals surface area contributed by atoms with Gasteiger partial charge in [-0.05, 0) is 56.2 Å². The highest BCUT2D eigenvalue weighted by molar-refractivity contribution is 5.93. The van der Waals surface area contributed by atoms with Crippen molar-refractivity contribution in [3.05, 3.63) is 82.1 Å². The van der Waals surface area contributed by atoms with E-state index in [1.807, 2.05) is 50.2 Å². The van der Waals surface area contributed by atoms with Crippen molar-refractivity contribution >= 4 is 11.6 Å². The van der Waals surface area contributed by atoms with Crippen molar-refractivity contribution in [2.45, 2.75) is 26.8 Å². The van der Waals surface area contributed by atoms with Gasteiger partial charge in [-0.1, -0.05) is 30.3 Å². The number of amides is 1. The van der Waals surface area contributed by atoms with Crippen molar-refractivity contribution in [3.63, 3.8) is 0 Å². The number of nitrogens with one attached hydrogen (secondary N) is 1. The summed E-state index contributed by atoms with van der Waals surface area (Å²) in [5.41, 5.74) is 4.29. The molecule has 26 heavy (non-hydrogen) atoms. The maximum Gasteiger partial charge on any atom is 0.267 e. The number of anilines is 1. The summed E-state index contributed by atoms with van der Waals surface area (Å²) in [7, 11) is 0. The van der Waals surface area contributed by atoms with Gasteiger partial charge < -0.3 is 5.32 Å². The Labute approximate surface area is 152 Å². The number of aryl methyl sites for hydroxylation is 2. The first-order chi connectivity index (χ1) is 12.5. The second-order valence-electron chi connectivity index (χ2n) is 6.33. The van der Waals surface area contributed by atoms with Crippen LogP contribution < -0.4 is 10.9 Å². The van der Waals surface area contributed by atoms with Gasteiger partial charge in [0.05, 0.1) is 5.69 Å². The lowest BCUT2D eigenvalue weighted by molar-refractivity contribution is -0.119. The van der Waals surface area contributed by atoms with E-state index < -0.39 is 6.04 Å². The van der Waals surface area contributed by atoms with Crippen LogP contribution in [0.25, 0.3) is 11.3 Å². The highest BCUT2D eigenvalue weighted by Crippen LogP contribution is 2.20. The molecule has 0 fully saturated rings. The summed E-state index contributed by atoms with van der Waals surface area (Å²) in [5.74, 6) is -0.289. The molecule has 0 bridgehead atoms. The van der Waals surface area contributed by atoms with Gasteiger partial charge in [0.15, 0.2) is 0 Å². The Bertz CT molecular complexity index is 994. The summed E-state index contributed by atoms with van der Waals surface area (Å²) in [6.07, 6.45) is 0. The van der Waals surface area contributed by atoms with E-state index in [0.29, 0.717) is 11.4 Å². The van der Waals surface area contributed by atoms with Crippen LogP contribution >= 0.6 is 0 Å². The third kappa shape index (κ3) is 3.72. The predicted molar refractivity (Wildman–Crippen MR) is 103 cm³/mol. The van der Waals surface area contributed by atoms with Crippen LogP contribution in [0.1, 0.15) is 24.1 Å². The topological polar surface area (TPSA) is 64.0 Å². The molecule has 3 aromatic rings. The molecule has 2 aromatic carbocycles. The van der Waals surface area contributed by atoms with Crippen LogP contribution in [0.5, 0.6) is 0 Å². The standard InChI is InChI=1S/C21H21N3O2/c1-14-9-10-17(13-15(14)2)19-11-12-20(25)24(23-19)16(3)21(26)22-18-7-5-4-6-8-18/h4-13,16H,1-3H3,(H,22,26)/t16-/m1/s1. The fourth-order valence-electron chi connectivity index (χ4n) is 2.64. The number of hydrogen-bond donors (Lipinski definition) is 1. The Morgan fingerprint density at radius 2 is 1.73 bits per heavy atom. The molecule has 5 heteroatoms. The van der Waals surface area contributed by atoms with Crippen LogP contribution in [-0.4, -0.2) is 15.7 Å². The van der Waals surface area contributed by atoms with Crippen molar-refractivity contribution in [2.75, 3.05) is 5.32 Å². The molecule has 3 rings (SSSR count). The van der Waals surface area contributed by atoms with Crippen LogP contribution in [0.4, 0.5) is 5.69 Å². The van der Waals surface area contributed by atoms with Gasteiger partial charge in [0.25, 0.3) is 5.56 Å². The molecule has 1 amide bonds. The highest BCUT2D eigenvalue weighted by atomic mass is 16.2. The van der Waals surface area contributed by atoms with Gasteiger partial charge in [-0.3, -0.25) is 9.59 Å². The maximum atomic E-state index is 12.5. The molecule has 132 valence electrons. The van der Waals surface area contributed by atoms with Gasteiger partial charge in [-0.25, -0.2) is 4.68 Å². The van der Waals surface area contributed by atoms with Crippen molar-refractivity contribution in [1.29, 1.82) is 0 Å². The van der Waals surface area contributed by atoms with Crippen LogP contribution in [0.2, 0.25) is 0 Å². The fraction of sp³-hybridized carbons (Fsp3) is 0.190. The Balaban J connectivity index is 1.90. The van der Waals surface area contributed by atoms with Crippen LogP contribution in [-0.2, 0) is 4.79 Å². The van der Waals surface area contributed by atoms with E-state index in [2.05, 4.69) is 10.4 Å². The molecule has 0 radical (unpaired) electrons. The van der Waals surface area contributed by atoms with Crippen molar-refractivity contribution in [3.8, 4) is 11.3 Å². The summed E-state index contributed by atoms with van der Waals surface area (Å²) in [6.45, 7) is 5.74. The molecule has 0 unspecified atom stereocenters. The lowest BCUT2D eigenvalue weighted by Gasteiger charge is -2.15. The molecule has 0 saturated carbocycles. The first-order valence-corrected chi connectivity index (χ1v) is 8.49. The lowest BCUT2D eigenvalue weighted by atomic mass is 10.0. The largest absolute Gasteiger partial charge is 0.324 e. The number of carbonyl (C=O) groups is 1. The third-order valence-corrected chi connectivity index (χ3v) is 4.42. The Hall–Kier alpha value is -3.21. The smallest absolute Gasteiger partial charge is 0.267 e. The van der Waals surface area contributed by atoms with Gasteiger partial charge in [0, 0.05) is 17.3 Å². The van der Waals surface area contributed by atoms with E-state index in [4.69, 9.17) is 0 Å². The molecule has 0 aliphatic carbocycles. The zero-order valence-corrected chi connectivity index (χ0v) is 15.1. The molecule has 5 nitrogen and oxygen atoms in total. The number of hydrogen-bond acceptors (Lipinski definition) is 3. The van der Waals surface area contributed by atoms with E-state index in [1.165, 1.54) is 16.3 Å². The van der Waals surface area contributed by atoms with E-state index >= 15 is 0 Å². The van der Waals surface area contributed by atoms with E-state index in [9.17, 15) is 9.59 Å². The van der Waals surface area contributed by atoms with Gasteiger partial charge in [0.2, 0.25) is 5.91 Å². The summed E-state index contributed by atoms with van der Waals surface area (Å²) in [6, 6.07) is 17.6. The normalized spacial score (nSPS) is 11.8. The van der Waals surface area contributed by atoms with Crippen LogP contribution in [0.15, 0.2) is 65.5 Å². The summed E-state index contributed by atoms with van der Waals surface area (Å²) < 4.78 is 1.22. The van der Waals surface area contributed by atoms with Crippen LogP contribution in [0, 0.1) is 13.8 Å². The average molecular weight is 347 g/mol. The van der Waals surface area contributed by atoms with Gasteiger partial charge in [0.1, 0.15) is 6.04 Å². The molecule has 0 saturated heterocycles. The molecule has 1 heterocycles. The molecular weight excluding hydrogens is 326 g/mol. The number of benzene rings is 2. The van der Waals surface area contributed by atoms with Crippen molar-refractivity contribution < 1.29 is 4.79 Å². The minimum atomic E-state index is -0.728. The predicted octanol–water partition coefficient (Wildman–Crippen LogP) is 3.73. The number of carbonyl (C=O) groups excluding carboxylic acids is 1. The fourth-order valence-corrected chi connectivity index (χ4v) is 2.64. The average Bonchev–Trinajstić information content (AvgIpc) is 2.64. The maximum absolute atomic E-state index is 12.5. The van der Waals surface area contributed by atoms with E-state index in [1.54, 1.807) is 25.1 Å². The van der Waals surface area contributed by atoms with Crippen LogP contribution in [0.3, 0.4) is 0 Å². The summed E-state index contributed by atoms with van der Waals surface area (Å²) in [5, 5.41) is 7.22. The highest BCUT2D eigenvalue weighted by Gasteiger charge is 2.18. The number of rotatable bonds is 4. The van der Waals surface area contributed by atoms with Gasteiger partial charge >= 0.3 is 0 Å². The molecule has 1 atom stereocenters. The second kappa shape index (κ2) is 7.35. The molecule has 0 aliphatic rings. The molecule has 0 aliphatic heterocycles.